The van der Waals surface area contributed by atoms with E-state index in [4.69, 9.17) is 18.5 Å². The standard InChI is InChI=1S/C46H82NO9P/c1-6-8-10-12-14-16-18-20-21-23-25-27-29-31-33-37-45(49)53-41-44(42-55-57(51,52)54-40-39-47(3,4)5)56-46(50)38-34-36-43(48)35-32-30-28-26-24-22-19-17-15-13-11-9-7-2/h15-18,22,24,28,30,32,35,43-44,48H,6-14,19-21,23,25-27,29,31,33-34,36-42H2,1-5H3/p+1/b17-15-,18-16-,24-22-,30-28-,35-32+/t43-,44+/m0/s1. The molecule has 0 radical (unpaired) electrons. The molecular weight excluding hydrogens is 741 g/mol. The third-order valence-corrected chi connectivity index (χ3v) is 10.1. The van der Waals surface area contributed by atoms with E-state index in [1.165, 1.54) is 70.6 Å². The van der Waals surface area contributed by atoms with Crippen molar-refractivity contribution in [3.8, 4) is 0 Å². The maximum Gasteiger partial charge on any atom is 0.472 e. The van der Waals surface area contributed by atoms with E-state index in [0.29, 0.717) is 30.3 Å². The van der Waals surface area contributed by atoms with E-state index in [2.05, 4.69) is 50.3 Å². The van der Waals surface area contributed by atoms with Crippen molar-refractivity contribution in [1.29, 1.82) is 0 Å². The number of carbonyl (C=O) groups is 2. The van der Waals surface area contributed by atoms with Gasteiger partial charge in [0.05, 0.1) is 33.9 Å². The summed E-state index contributed by atoms with van der Waals surface area (Å²) in [6, 6.07) is 0. The molecule has 0 aliphatic rings. The summed E-state index contributed by atoms with van der Waals surface area (Å²) >= 11 is 0. The van der Waals surface area contributed by atoms with Crippen molar-refractivity contribution in [2.24, 2.45) is 0 Å². The molecule has 0 aromatic heterocycles. The van der Waals surface area contributed by atoms with Crippen LogP contribution in [0.2, 0.25) is 0 Å². The molecule has 0 rings (SSSR count). The molecule has 3 atom stereocenters. The van der Waals surface area contributed by atoms with Gasteiger partial charge in [0, 0.05) is 12.8 Å². The number of nitrogens with zero attached hydrogens (tertiary/aromatic N) is 1. The average molecular weight is 825 g/mol. The van der Waals surface area contributed by atoms with Gasteiger partial charge in [-0.05, 0) is 70.6 Å². The monoisotopic (exact) mass is 825 g/mol. The molecule has 0 fully saturated rings. The van der Waals surface area contributed by atoms with Crippen LogP contribution in [-0.4, -0.2) is 86.1 Å². The van der Waals surface area contributed by atoms with E-state index in [0.717, 1.165) is 44.9 Å². The Bertz CT molecular complexity index is 1170. The Morgan fingerprint density at radius 3 is 1.81 bits per heavy atom. The molecule has 0 saturated carbocycles. The second-order valence-corrected chi connectivity index (χ2v) is 17.4. The fourth-order valence-corrected chi connectivity index (χ4v) is 6.32. The minimum Gasteiger partial charge on any atom is -0.462 e. The first-order chi connectivity index (χ1) is 27.4. The first-order valence-electron chi connectivity index (χ1n) is 22.1. The van der Waals surface area contributed by atoms with Crippen LogP contribution in [0.1, 0.15) is 162 Å². The van der Waals surface area contributed by atoms with Crippen LogP contribution < -0.4 is 0 Å². The lowest BCUT2D eigenvalue weighted by atomic mass is 10.1. The molecule has 330 valence electrons. The van der Waals surface area contributed by atoms with Crippen molar-refractivity contribution >= 4 is 19.8 Å². The fourth-order valence-electron chi connectivity index (χ4n) is 5.58. The Labute approximate surface area is 348 Å². The highest BCUT2D eigenvalue weighted by atomic mass is 31.2. The van der Waals surface area contributed by atoms with Gasteiger partial charge >= 0.3 is 19.8 Å². The lowest BCUT2D eigenvalue weighted by Crippen LogP contribution is -2.37. The first kappa shape index (κ1) is 54.7. The van der Waals surface area contributed by atoms with E-state index in [1.807, 2.05) is 33.3 Å². The largest absolute Gasteiger partial charge is 0.472 e. The molecule has 0 aliphatic carbocycles. The summed E-state index contributed by atoms with van der Waals surface area (Å²) < 4.78 is 34.1. The molecule has 57 heavy (non-hydrogen) atoms. The molecule has 0 bridgehead atoms. The number of phosphoric ester groups is 1. The molecule has 0 aliphatic heterocycles. The molecule has 11 heteroatoms. The molecule has 0 amide bonds. The number of hydrogen-bond acceptors (Lipinski definition) is 8. The lowest BCUT2D eigenvalue weighted by Gasteiger charge is -2.24. The molecule has 0 heterocycles. The normalized spacial score (nSPS) is 14.7. The van der Waals surface area contributed by atoms with Crippen LogP contribution in [0.4, 0.5) is 0 Å². The maximum atomic E-state index is 12.7. The number of unbranched alkanes of at least 4 members (excludes halogenated alkanes) is 14. The Morgan fingerprint density at radius 2 is 1.16 bits per heavy atom. The summed E-state index contributed by atoms with van der Waals surface area (Å²) in [6.45, 7) is 4.14. The smallest absolute Gasteiger partial charge is 0.462 e. The second kappa shape index (κ2) is 37.9. The number of phosphoric acid groups is 1. The third-order valence-electron chi connectivity index (χ3n) is 9.12. The zero-order valence-electron chi connectivity index (χ0n) is 36.7. The SMILES string of the molecule is CCCCC/C=C\C/C=C\C/C=C\C=C\[C@H](O)CCCC(=O)O[C@H](COC(=O)CCCCCCCCC/C=C\CCCCCC)COP(=O)(O)OCC[N+](C)(C)C. The number of aliphatic hydroxyl groups excluding tert-OH is 1. The van der Waals surface area contributed by atoms with Gasteiger partial charge in [0.1, 0.15) is 19.8 Å². The Kier molecular flexibility index (Phi) is 36.4. The Hall–Kier alpha value is -2.33. The van der Waals surface area contributed by atoms with Crippen molar-refractivity contribution in [2.75, 3.05) is 47.5 Å². The predicted octanol–water partition coefficient (Wildman–Crippen LogP) is 11.4. The minimum absolute atomic E-state index is 0.00590. The second-order valence-electron chi connectivity index (χ2n) is 15.9. The van der Waals surface area contributed by atoms with Gasteiger partial charge in [0.25, 0.3) is 0 Å². The van der Waals surface area contributed by atoms with E-state index < -0.39 is 38.6 Å². The van der Waals surface area contributed by atoms with E-state index in [1.54, 1.807) is 12.2 Å². The summed E-state index contributed by atoms with van der Waals surface area (Å²) in [6.07, 6.45) is 41.5. The molecule has 2 N–H and O–H groups in total. The molecular formula is C46H83NO9P+. The van der Waals surface area contributed by atoms with Crippen LogP contribution in [0, 0.1) is 0 Å². The minimum atomic E-state index is -4.43. The first-order valence-corrected chi connectivity index (χ1v) is 23.6. The van der Waals surface area contributed by atoms with Crippen LogP contribution in [0.3, 0.4) is 0 Å². The lowest BCUT2D eigenvalue weighted by molar-refractivity contribution is -0.870. The van der Waals surface area contributed by atoms with Crippen molar-refractivity contribution in [1.82, 2.24) is 0 Å². The zero-order chi connectivity index (χ0) is 42.3. The quantitative estimate of drug-likeness (QED) is 0.0155. The van der Waals surface area contributed by atoms with E-state index >= 15 is 0 Å². The van der Waals surface area contributed by atoms with Gasteiger partial charge < -0.3 is 24.0 Å². The van der Waals surface area contributed by atoms with E-state index in [9.17, 15) is 24.2 Å². The number of ether oxygens (including phenoxy) is 2. The number of likely N-dealkylation sites (N-methyl/N-ethyl adjacent to an activating group) is 1. The van der Waals surface area contributed by atoms with Crippen LogP contribution in [-0.2, 0) is 32.7 Å². The summed E-state index contributed by atoms with van der Waals surface area (Å²) in [5.41, 5.74) is 0. The van der Waals surface area contributed by atoms with Crippen LogP contribution in [0.15, 0.2) is 60.8 Å². The van der Waals surface area contributed by atoms with E-state index in [-0.39, 0.29) is 26.1 Å². The highest BCUT2D eigenvalue weighted by Gasteiger charge is 2.27. The molecule has 1 unspecified atom stereocenters. The van der Waals surface area contributed by atoms with Gasteiger partial charge in [-0.3, -0.25) is 18.6 Å². The molecule has 0 spiro atoms. The Morgan fingerprint density at radius 1 is 0.632 bits per heavy atom. The van der Waals surface area contributed by atoms with Gasteiger partial charge in [-0.2, -0.15) is 0 Å². The summed E-state index contributed by atoms with van der Waals surface area (Å²) in [5, 5.41) is 10.3. The molecule has 0 saturated heterocycles. The molecule has 0 aromatic carbocycles. The van der Waals surface area contributed by atoms with Gasteiger partial charge in [-0.25, -0.2) is 4.57 Å². The summed E-state index contributed by atoms with van der Waals surface area (Å²) in [5.74, 6) is -1.01. The third kappa shape index (κ3) is 41.6. The van der Waals surface area contributed by atoms with Crippen molar-refractivity contribution in [3.05, 3.63) is 60.8 Å². The van der Waals surface area contributed by atoms with Crippen LogP contribution in [0.25, 0.3) is 0 Å². The van der Waals surface area contributed by atoms with Crippen LogP contribution >= 0.6 is 7.82 Å². The highest BCUT2D eigenvalue weighted by molar-refractivity contribution is 7.47. The van der Waals surface area contributed by atoms with Crippen molar-refractivity contribution < 1.29 is 47.2 Å². The molecule has 10 nitrogen and oxygen atoms in total. The number of allylic oxidation sites excluding steroid dienone is 9. The number of rotatable bonds is 39. The number of aliphatic hydroxyl groups is 1. The number of esters is 2. The highest BCUT2D eigenvalue weighted by Crippen LogP contribution is 2.43. The van der Waals surface area contributed by atoms with Gasteiger partial charge in [-0.15, -0.1) is 0 Å². The predicted molar refractivity (Wildman–Crippen MR) is 235 cm³/mol. The summed E-state index contributed by atoms with van der Waals surface area (Å²) in [4.78, 5) is 35.4. The average Bonchev–Trinajstić information content (AvgIpc) is 3.15. The van der Waals surface area contributed by atoms with Gasteiger partial charge in [-0.1, -0.05) is 139 Å². The number of hydrogen-bond donors (Lipinski definition) is 2. The number of carbonyl (C=O) groups excluding carboxylic acids is 2. The number of quaternary nitrogens is 1. The Balaban J connectivity index is 4.58. The topological polar surface area (TPSA) is 129 Å². The van der Waals surface area contributed by atoms with Gasteiger partial charge in [0.2, 0.25) is 0 Å². The van der Waals surface area contributed by atoms with Crippen molar-refractivity contribution in [2.45, 2.75) is 174 Å². The van der Waals surface area contributed by atoms with Crippen molar-refractivity contribution in [3.63, 3.8) is 0 Å². The molecule has 0 aromatic rings. The maximum absolute atomic E-state index is 12.7. The van der Waals surface area contributed by atoms with Gasteiger partial charge in [0.15, 0.2) is 6.10 Å². The summed E-state index contributed by atoms with van der Waals surface area (Å²) in [7, 11) is 1.35. The zero-order valence-corrected chi connectivity index (χ0v) is 37.6. The fraction of sp³-hybridized carbons (Fsp3) is 0.739. The van der Waals surface area contributed by atoms with Crippen LogP contribution in [0.5, 0.6) is 0 Å².